The minimum absolute atomic E-state index is 0.809. The van der Waals surface area contributed by atoms with Crippen molar-refractivity contribution in [3.8, 4) is 0 Å². The molecular weight excluding hydrogens is 238 g/mol. The van der Waals surface area contributed by atoms with Crippen molar-refractivity contribution in [2.75, 3.05) is 37.3 Å². The largest absolute Gasteiger partial charge is 0.370 e. The zero-order valence-corrected chi connectivity index (χ0v) is 12.0. The maximum Gasteiger partial charge on any atom is 0.131 e. The minimum Gasteiger partial charge on any atom is -0.370 e. The van der Waals surface area contributed by atoms with Gasteiger partial charge in [-0.1, -0.05) is 12.8 Å². The first-order valence-electron chi connectivity index (χ1n) is 7.26. The highest BCUT2D eigenvalue weighted by Crippen LogP contribution is 2.24. The van der Waals surface area contributed by atoms with E-state index in [1.807, 2.05) is 20.0 Å². The Morgan fingerprint density at radius 2 is 1.79 bits per heavy atom. The summed E-state index contributed by atoms with van der Waals surface area (Å²) < 4.78 is 0. The van der Waals surface area contributed by atoms with E-state index in [9.17, 15) is 0 Å². The Bertz CT molecular complexity index is 387. The zero-order valence-electron chi connectivity index (χ0n) is 12.0. The van der Waals surface area contributed by atoms with Gasteiger partial charge in [0, 0.05) is 25.7 Å². The molecule has 0 amide bonds. The SMILES string of the molecule is CNCCNc1cc(NCC2CCCC2)nc(C)n1. The molecule has 0 saturated heterocycles. The monoisotopic (exact) mass is 263 g/mol. The van der Waals surface area contributed by atoms with E-state index < -0.39 is 0 Å². The van der Waals surface area contributed by atoms with Gasteiger partial charge in [-0.25, -0.2) is 9.97 Å². The van der Waals surface area contributed by atoms with Crippen molar-refractivity contribution in [1.29, 1.82) is 0 Å². The summed E-state index contributed by atoms with van der Waals surface area (Å²) in [5.74, 6) is 3.46. The van der Waals surface area contributed by atoms with E-state index in [2.05, 4.69) is 25.9 Å². The highest BCUT2D eigenvalue weighted by Gasteiger charge is 2.14. The molecule has 0 atom stereocenters. The van der Waals surface area contributed by atoms with Crippen molar-refractivity contribution >= 4 is 11.6 Å². The van der Waals surface area contributed by atoms with Gasteiger partial charge >= 0.3 is 0 Å². The molecule has 19 heavy (non-hydrogen) atoms. The lowest BCUT2D eigenvalue weighted by molar-refractivity contribution is 0.578. The van der Waals surface area contributed by atoms with Crippen molar-refractivity contribution in [3.63, 3.8) is 0 Å². The summed E-state index contributed by atoms with van der Waals surface area (Å²) in [5, 5.41) is 9.86. The van der Waals surface area contributed by atoms with E-state index in [1.165, 1.54) is 25.7 Å². The van der Waals surface area contributed by atoms with Crippen molar-refractivity contribution in [2.24, 2.45) is 5.92 Å². The van der Waals surface area contributed by atoms with Crippen LogP contribution in [0.1, 0.15) is 31.5 Å². The Balaban J connectivity index is 1.87. The summed E-state index contributed by atoms with van der Waals surface area (Å²) in [4.78, 5) is 8.84. The van der Waals surface area contributed by atoms with Crippen molar-refractivity contribution in [2.45, 2.75) is 32.6 Å². The van der Waals surface area contributed by atoms with Crippen LogP contribution in [-0.2, 0) is 0 Å². The molecule has 0 unspecified atom stereocenters. The molecule has 0 spiro atoms. The van der Waals surface area contributed by atoms with Crippen LogP contribution >= 0.6 is 0 Å². The van der Waals surface area contributed by atoms with Crippen LogP contribution in [0.25, 0.3) is 0 Å². The van der Waals surface area contributed by atoms with E-state index in [0.717, 1.165) is 43.0 Å². The lowest BCUT2D eigenvalue weighted by atomic mass is 10.1. The van der Waals surface area contributed by atoms with Crippen LogP contribution in [0.15, 0.2) is 6.07 Å². The summed E-state index contributed by atoms with van der Waals surface area (Å²) in [7, 11) is 1.95. The van der Waals surface area contributed by atoms with E-state index in [0.29, 0.717) is 0 Å². The third-order valence-electron chi connectivity index (χ3n) is 3.57. The van der Waals surface area contributed by atoms with Gasteiger partial charge in [0.05, 0.1) is 0 Å². The Kier molecular flexibility index (Phi) is 5.39. The van der Waals surface area contributed by atoms with Gasteiger partial charge in [0.15, 0.2) is 0 Å². The molecule has 0 radical (unpaired) electrons. The molecule has 106 valence electrons. The Hall–Kier alpha value is -1.36. The third kappa shape index (κ3) is 4.67. The summed E-state index contributed by atoms with van der Waals surface area (Å²) in [6.45, 7) is 4.76. The van der Waals surface area contributed by atoms with Crippen molar-refractivity contribution in [3.05, 3.63) is 11.9 Å². The number of hydrogen-bond donors (Lipinski definition) is 3. The first kappa shape index (κ1) is 14.1. The van der Waals surface area contributed by atoms with Gasteiger partial charge in [0.1, 0.15) is 17.5 Å². The average Bonchev–Trinajstić information content (AvgIpc) is 2.89. The predicted molar refractivity (Wildman–Crippen MR) is 79.6 cm³/mol. The van der Waals surface area contributed by atoms with Gasteiger partial charge in [-0.15, -0.1) is 0 Å². The fourth-order valence-electron chi connectivity index (χ4n) is 2.53. The average molecular weight is 263 g/mol. The molecule has 1 saturated carbocycles. The fourth-order valence-corrected chi connectivity index (χ4v) is 2.53. The Morgan fingerprint density at radius 3 is 2.47 bits per heavy atom. The minimum atomic E-state index is 0.809. The number of hydrogen-bond acceptors (Lipinski definition) is 5. The van der Waals surface area contributed by atoms with Crippen molar-refractivity contribution < 1.29 is 0 Å². The summed E-state index contributed by atoms with van der Waals surface area (Å²) in [6, 6.07) is 2.00. The van der Waals surface area contributed by atoms with Crippen LogP contribution in [0.5, 0.6) is 0 Å². The van der Waals surface area contributed by atoms with Gasteiger partial charge in [-0.2, -0.15) is 0 Å². The zero-order chi connectivity index (χ0) is 13.5. The highest BCUT2D eigenvalue weighted by molar-refractivity contribution is 5.47. The van der Waals surface area contributed by atoms with E-state index in [-0.39, 0.29) is 0 Å². The van der Waals surface area contributed by atoms with Crippen LogP contribution < -0.4 is 16.0 Å². The van der Waals surface area contributed by atoms with Crippen molar-refractivity contribution in [1.82, 2.24) is 15.3 Å². The maximum absolute atomic E-state index is 4.45. The van der Waals surface area contributed by atoms with Crippen LogP contribution in [0, 0.1) is 12.8 Å². The Labute approximate surface area is 115 Å². The van der Waals surface area contributed by atoms with Gasteiger partial charge in [-0.05, 0) is 32.7 Å². The number of anilines is 2. The van der Waals surface area contributed by atoms with E-state index >= 15 is 0 Å². The fraction of sp³-hybridized carbons (Fsp3) is 0.714. The van der Waals surface area contributed by atoms with E-state index in [4.69, 9.17) is 0 Å². The molecule has 1 aliphatic carbocycles. The molecule has 0 aromatic carbocycles. The third-order valence-corrected chi connectivity index (χ3v) is 3.57. The molecule has 1 fully saturated rings. The predicted octanol–water partition coefficient (Wildman–Crippen LogP) is 2.02. The summed E-state index contributed by atoms with van der Waals surface area (Å²) in [6.07, 6.45) is 5.46. The molecule has 1 aromatic rings. The smallest absolute Gasteiger partial charge is 0.131 e. The molecule has 1 heterocycles. The number of aromatic nitrogens is 2. The molecule has 0 bridgehead atoms. The molecule has 1 aliphatic rings. The molecule has 2 rings (SSSR count). The molecule has 3 N–H and O–H groups in total. The van der Waals surface area contributed by atoms with Gasteiger partial charge < -0.3 is 16.0 Å². The quantitative estimate of drug-likeness (QED) is 0.657. The summed E-state index contributed by atoms with van der Waals surface area (Å²) in [5.41, 5.74) is 0. The second kappa shape index (κ2) is 7.28. The van der Waals surface area contributed by atoms with Gasteiger partial charge in [-0.3, -0.25) is 0 Å². The number of likely N-dealkylation sites (N-methyl/N-ethyl adjacent to an activating group) is 1. The first-order valence-corrected chi connectivity index (χ1v) is 7.26. The topological polar surface area (TPSA) is 61.9 Å². The normalized spacial score (nSPS) is 15.7. The van der Waals surface area contributed by atoms with Crippen LogP contribution in [-0.4, -0.2) is 36.6 Å². The molecule has 0 aliphatic heterocycles. The summed E-state index contributed by atoms with van der Waals surface area (Å²) >= 11 is 0. The molecule has 5 heteroatoms. The number of aryl methyl sites for hydroxylation is 1. The second-order valence-corrected chi connectivity index (χ2v) is 5.25. The van der Waals surface area contributed by atoms with E-state index in [1.54, 1.807) is 0 Å². The van der Waals surface area contributed by atoms with Gasteiger partial charge in [0.25, 0.3) is 0 Å². The molecule has 5 nitrogen and oxygen atoms in total. The number of rotatable bonds is 7. The second-order valence-electron chi connectivity index (χ2n) is 5.25. The number of nitrogens with zero attached hydrogens (tertiary/aromatic N) is 2. The lowest BCUT2D eigenvalue weighted by Gasteiger charge is -2.13. The van der Waals surface area contributed by atoms with Crippen LogP contribution in [0.4, 0.5) is 11.6 Å². The van der Waals surface area contributed by atoms with Crippen LogP contribution in [0.3, 0.4) is 0 Å². The maximum atomic E-state index is 4.45. The van der Waals surface area contributed by atoms with Crippen LogP contribution in [0.2, 0.25) is 0 Å². The first-order chi connectivity index (χ1) is 9.28. The Morgan fingerprint density at radius 1 is 1.11 bits per heavy atom. The highest BCUT2D eigenvalue weighted by atomic mass is 15.1. The molecular formula is C14H25N5. The molecule has 1 aromatic heterocycles. The standard InChI is InChI=1S/C14H25N5/c1-11-18-13(16-8-7-15-2)9-14(19-11)17-10-12-5-3-4-6-12/h9,12,15H,3-8,10H2,1-2H3,(H2,16,17,18,19). The van der Waals surface area contributed by atoms with Gasteiger partial charge in [0.2, 0.25) is 0 Å². The number of nitrogens with one attached hydrogen (secondary N) is 3. The lowest BCUT2D eigenvalue weighted by Crippen LogP contribution is -2.19.